The maximum absolute atomic E-state index is 13.7. The van der Waals surface area contributed by atoms with Gasteiger partial charge in [0.15, 0.2) is 0 Å². The lowest BCUT2D eigenvalue weighted by molar-refractivity contribution is -0.195. The van der Waals surface area contributed by atoms with E-state index in [1.807, 2.05) is 42.5 Å². The summed E-state index contributed by atoms with van der Waals surface area (Å²) in [6.07, 6.45) is -0.0928. The third kappa shape index (κ3) is 5.63. The van der Waals surface area contributed by atoms with Crippen LogP contribution in [0.3, 0.4) is 0 Å². The number of amides is 1. The van der Waals surface area contributed by atoms with E-state index in [1.54, 1.807) is 17.0 Å². The van der Waals surface area contributed by atoms with Crippen LogP contribution < -0.4 is 0 Å². The molecular weight excluding hydrogens is 460 g/mol. The Morgan fingerprint density at radius 1 is 1.00 bits per heavy atom. The zero-order chi connectivity index (χ0) is 24.1. The quantitative estimate of drug-likeness (QED) is 0.420. The van der Waals surface area contributed by atoms with E-state index in [-0.39, 0.29) is 19.1 Å². The van der Waals surface area contributed by atoms with Crippen molar-refractivity contribution in [3.05, 3.63) is 106 Å². The van der Waals surface area contributed by atoms with Crippen LogP contribution >= 0.6 is 11.6 Å². The summed E-state index contributed by atoms with van der Waals surface area (Å²) in [6.45, 7) is 2.58. The molecule has 34 heavy (non-hydrogen) atoms. The molecule has 1 aliphatic heterocycles. The molecule has 0 saturated carbocycles. The monoisotopic (exact) mass is 485 g/mol. The van der Waals surface area contributed by atoms with Crippen molar-refractivity contribution in [3.8, 4) is 0 Å². The van der Waals surface area contributed by atoms with Gasteiger partial charge in [-0.05, 0) is 41.0 Å². The lowest BCUT2D eigenvalue weighted by Gasteiger charge is -2.47. The average Bonchev–Trinajstić information content (AvgIpc) is 2.82. The van der Waals surface area contributed by atoms with Crippen LogP contribution in [-0.2, 0) is 33.1 Å². The van der Waals surface area contributed by atoms with Gasteiger partial charge in [0.1, 0.15) is 23.3 Å². The molecule has 4 rings (SSSR count). The van der Waals surface area contributed by atoms with Crippen molar-refractivity contribution in [2.45, 2.75) is 38.3 Å². The van der Waals surface area contributed by atoms with E-state index in [0.29, 0.717) is 30.2 Å². The Kier molecular flexibility index (Phi) is 7.61. The Bertz CT molecular complexity index is 1110. The van der Waals surface area contributed by atoms with E-state index in [0.717, 1.165) is 17.2 Å². The summed E-state index contributed by atoms with van der Waals surface area (Å²) in [5.74, 6) is -1.41. The van der Waals surface area contributed by atoms with E-state index in [1.165, 1.54) is 19.1 Å². The zero-order valence-corrected chi connectivity index (χ0v) is 19.6. The lowest BCUT2D eigenvalue weighted by atomic mass is 9.81. The van der Waals surface area contributed by atoms with Crippen molar-refractivity contribution in [2.24, 2.45) is 0 Å². The first-order valence-electron chi connectivity index (χ1n) is 11.1. The van der Waals surface area contributed by atoms with Gasteiger partial charge in [0.05, 0.1) is 19.8 Å². The second kappa shape index (κ2) is 10.6. The van der Waals surface area contributed by atoms with Gasteiger partial charge in [-0.25, -0.2) is 8.78 Å². The predicted molar refractivity (Wildman–Crippen MR) is 126 cm³/mol. The highest BCUT2D eigenvalue weighted by atomic mass is 35.5. The maximum atomic E-state index is 13.7. The van der Waals surface area contributed by atoms with Crippen molar-refractivity contribution in [1.82, 2.24) is 4.90 Å². The van der Waals surface area contributed by atoms with Crippen LogP contribution in [0.4, 0.5) is 8.78 Å². The normalized spacial score (nSPS) is 20.4. The van der Waals surface area contributed by atoms with E-state index in [2.05, 4.69) is 0 Å². The number of piperidine rings is 1. The molecule has 0 radical (unpaired) electrons. The summed E-state index contributed by atoms with van der Waals surface area (Å²) in [5, 5.41) is 0.593. The standard InChI is InChI=1S/C27H26ClF2NO3/c1-19(32)31-12-11-27(22-7-9-23(28)10-8-22,34-18-20-5-3-2-4-6-20)26(16-31)33-17-21-13-24(29)15-25(30)14-21/h2-10,13-15,26H,11-12,16-18H2,1H3. The van der Waals surface area contributed by atoms with E-state index >= 15 is 0 Å². The maximum Gasteiger partial charge on any atom is 0.219 e. The van der Waals surface area contributed by atoms with Gasteiger partial charge in [-0.3, -0.25) is 4.79 Å². The molecule has 0 N–H and O–H groups in total. The van der Waals surface area contributed by atoms with Crippen LogP contribution in [0.25, 0.3) is 0 Å². The highest BCUT2D eigenvalue weighted by Crippen LogP contribution is 2.40. The summed E-state index contributed by atoms with van der Waals surface area (Å²) in [7, 11) is 0. The van der Waals surface area contributed by atoms with Crippen LogP contribution in [0.2, 0.25) is 5.02 Å². The molecule has 178 valence electrons. The molecule has 0 aromatic heterocycles. The van der Waals surface area contributed by atoms with Gasteiger partial charge < -0.3 is 14.4 Å². The van der Waals surface area contributed by atoms with Gasteiger partial charge in [-0.2, -0.15) is 0 Å². The van der Waals surface area contributed by atoms with Gasteiger partial charge in [-0.1, -0.05) is 54.1 Å². The van der Waals surface area contributed by atoms with Crippen LogP contribution in [0.15, 0.2) is 72.8 Å². The van der Waals surface area contributed by atoms with Crippen LogP contribution in [0.5, 0.6) is 0 Å². The number of likely N-dealkylation sites (tertiary alicyclic amines) is 1. The Labute approximate surface area is 203 Å². The molecule has 2 atom stereocenters. The fourth-order valence-electron chi connectivity index (χ4n) is 4.36. The highest BCUT2D eigenvalue weighted by molar-refractivity contribution is 6.30. The summed E-state index contributed by atoms with van der Waals surface area (Å²) < 4.78 is 40.3. The van der Waals surface area contributed by atoms with Crippen molar-refractivity contribution in [3.63, 3.8) is 0 Å². The number of halogens is 3. The van der Waals surface area contributed by atoms with Gasteiger partial charge in [0.25, 0.3) is 0 Å². The van der Waals surface area contributed by atoms with Gasteiger partial charge in [0.2, 0.25) is 5.91 Å². The van der Waals surface area contributed by atoms with Crippen molar-refractivity contribution < 1.29 is 23.0 Å². The first-order chi connectivity index (χ1) is 16.4. The van der Waals surface area contributed by atoms with E-state index < -0.39 is 23.3 Å². The summed E-state index contributed by atoms with van der Waals surface area (Å²) in [4.78, 5) is 13.9. The summed E-state index contributed by atoms with van der Waals surface area (Å²) in [6, 6.07) is 20.5. The molecule has 1 aliphatic rings. The van der Waals surface area contributed by atoms with Crippen molar-refractivity contribution in [1.29, 1.82) is 0 Å². The average molecular weight is 486 g/mol. The largest absolute Gasteiger partial charge is 0.368 e. The smallest absolute Gasteiger partial charge is 0.219 e. The molecule has 3 aromatic carbocycles. The van der Waals surface area contributed by atoms with E-state index in [4.69, 9.17) is 21.1 Å². The minimum atomic E-state index is -0.891. The molecule has 1 heterocycles. The number of benzene rings is 3. The molecule has 1 saturated heterocycles. The zero-order valence-electron chi connectivity index (χ0n) is 18.8. The second-order valence-corrected chi connectivity index (χ2v) is 8.90. The fourth-order valence-corrected chi connectivity index (χ4v) is 4.49. The number of ether oxygens (including phenoxy) is 2. The molecule has 1 amide bonds. The first-order valence-corrected chi connectivity index (χ1v) is 11.5. The molecule has 0 aliphatic carbocycles. The number of nitrogens with zero attached hydrogens (tertiary/aromatic N) is 1. The Morgan fingerprint density at radius 2 is 1.68 bits per heavy atom. The molecular formula is C27H26ClF2NO3. The Balaban J connectivity index is 1.68. The van der Waals surface area contributed by atoms with Crippen molar-refractivity contribution >= 4 is 17.5 Å². The Hall–Kier alpha value is -2.80. The molecule has 0 spiro atoms. The fraction of sp³-hybridized carbons (Fsp3) is 0.296. The third-order valence-corrected chi connectivity index (χ3v) is 6.40. The van der Waals surface area contributed by atoms with Gasteiger partial charge in [0, 0.05) is 31.0 Å². The highest BCUT2D eigenvalue weighted by Gasteiger charge is 2.47. The topological polar surface area (TPSA) is 38.8 Å². The molecule has 4 nitrogen and oxygen atoms in total. The van der Waals surface area contributed by atoms with Crippen molar-refractivity contribution in [2.75, 3.05) is 13.1 Å². The van der Waals surface area contributed by atoms with Crippen LogP contribution in [0, 0.1) is 11.6 Å². The van der Waals surface area contributed by atoms with Gasteiger partial charge >= 0.3 is 0 Å². The van der Waals surface area contributed by atoms with E-state index in [9.17, 15) is 13.6 Å². The predicted octanol–water partition coefficient (Wildman–Crippen LogP) is 5.87. The number of rotatable bonds is 7. The molecule has 0 bridgehead atoms. The number of hydrogen-bond acceptors (Lipinski definition) is 3. The van der Waals surface area contributed by atoms with Crippen LogP contribution in [-0.4, -0.2) is 30.0 Å². The Morgan fingerprint density at radius 3 is 2.32 bits per heavy atom. The number of carbonyl (C=O) groups is 1. The minimum Gasteiger partial charge on any atom is -0.368 e. The SMILES string of the molecule is CC(=O)N1CCC(OCc2ccccc2)(c2ccc(Cl)cc2)C(OCc2cc(F)cc(F)c2)C1. The van der Waals surface area contributed by atoms with Crippen LogP contribution in [0.1, 0.15) is 30.0 Å². The second-order valence-electron chi connectivity index (χ2n) is 8.46. The third-order valence-electron chi connectivity index (χ3n) is 6.15. The molecule has 1 fully saturated rings. The number of hydrogen-bond donors (Lipinski definition) is 0. The molecule has 2 unspecified atom stereocenters. The summed E-state index contributed by atoms with van der Waals surface area (Å²) in [5.41, 5.74) is 1.34. The minimum absolute atomic E-state index is 0.0326. The van der Waals surface area contributed by atoms with Gasteiger partial charge in [-0.15, -0.1) is 0 Å². The lowest BCUT2D eigenvalue weighted by Crippen LogP contribution is -2.56. The number of carbonyl (C=O) groups excluding carboxylic acids is 1. The first kappa shape index (κ1) is 24.3. The molecule has 3 aromatic rings. The molecule has 7 heteroatoms. The summed E-state index contributed by atoms with van der Waals surface area (Å²) >= 11 is 6.14.